The summed E-state index contributed by atoms with van der Waals surface area (Å²) < 4.78 is 0. The molecule has 0 aromatic heterocycles. The summed E-state index contributed by atoms with van der Waals surface area (Å²) in [5.41, 5.74) is 6.26. The fraction of sp³-hybridized carbons (Fsp3) is 0.250. The predicted octanol–water partition coefficient (Wildman–Crippen LogP) is 4.12. The van der Waals surface area contributed by atoms with Crippen molar-refractivity contribution in [2.24, 2.45) is 0 Å². The monoisotopic (exact) mass is 206 g/mol. The van der Waals surface area contributed by atoms with Gasteiger partial charge in [0, 0.05) is 0 Å². The molecule has 0 aliphatic heterocycles. The van der Waals surface area contributed by atoms with Gasteiger partial charge in [-0.1, -0.05) is 36.4 Å². The summed E-state index contributed by atoms with van der Waals surface area (Å²) in [4.78, 5) is 0. The molecule has 0 unspecified atom stereocenters. The zero-order chi connectivity index (χ0) is 10.5. The molecule has 0 heterocycles. The van der Waals surface area contributed by atoms with E-state index in [2.05, 4.69) is 36.4 Å². The van der Waals surface area contributed by atoms with Crippen molar-refractivity contribution < 1.29 is 0 Å². The number of rotatable bonds is 0. The molecule has 2 aromatic carbocycles. The largest absolute Gasteiger partial charge is 0.0763 e. The molecular formula is C16H14. The number of aryl methyl sites for hydroxylation is 1. The molecule has 0 saturated heterocycles. The Balaban J connectivity index is 2.22. The van der Waals surface area contributed by atoms with Crippen LogP contribution in [0.2, 0.25) is 0 Å². The lowest BCUT2D eigenvalue weighted by atomic mass is 9.79. The summed E-state index contributed by atoms with van der Waals surface area (Å²) in [5.74, 6) is 0. The summed E-state index contributed by atoms with van der Waals surface area (Å²) in [6.45, 7) is 0. The molecule has 2 aliphatic carbocycles. The molecule has 0 heteroatoms. The SMILES string of the molecule is C1=C2CCCc3ccc4cccc(c4c32)C1. The van der Waals surface area contributed by atoms with Crippen LogP contribution in [0.15, 0.2) is 36.4 Å². The Kier molecular flexibility index (Phi) is 1.59. The van der Waals surface area contributed by atoms with Crippen molar-refractivity contribution in [3.8, 4) is 0 Å². The van der Waals surface area contributed by atoms with E-state index in [-0.39, 0.29) is 0 Å². The fourth-order valence-corrected chi connectivity index (χ4v) is 3.27. The van der Waals surface area contributed by atoms with Gasteiger partial charge in [-0.3, -0.25) is 0 Å². The Hall–Kier alpha value is -1.56. The van der Waals surface area contributed by atoms with Gasteiger partial charge in [-0.2, -0.15) is 0 Å². The molecule has 0 amide bonds. The van der Waals surface area contributed by atoms with Crippen molar-refractivity contribution >= 4 is 16.3 Å². The van der Waals surface area contributed by atoms with E-state index in [4.69, 9.17) is 0 Å². The Morgan fingerprint density at radius 1 is 0.875 bits per heavy atom. The number of hydrogen-bond donors (Lipinski definition) is 0. The van der Waals surface area contributed by atoms with Crippen molar-refractivity contribution in [1.29, 1.82) is 0 Å². The quantitative estimate of drug-likeness (QED) is 0.608. The Bertz CT molecular complexity index is 617. The van der Waals surface area contributed by atoms with Crippen molar-refractivity contribution in [2.75, 3.05) is 0 Å². The maximum absolute atomic E-state index is 2.44. The Labute approximate surface area is 95.6 Å². The van der Waals surface area contributed by atoms with Gasteiger partial charge in [-0.15, -0.1) is 0 Å². The first kappa shape index (κ1) is 8.58. The van der Waals surface area contributed by atoms with E-state index in [1.54, 1.807) is 16.7 Å². The van der Waals surface area contributed by atoms with Crippen LogP contribution in [0.25, 0.3) is 16.3 Å². The van der Waals surface area contributed by atoms with E-state index in [9.17, 15) is 0 Å². The Morgan fingerprint density at radius 2 is 1.88 bits per heavy atom. The molecular weight excluding hydrogens is 192 g/mol. The molecule has 0 bridgehead atoms. The highest BCUT2D eigenvalue weighted by Crippen LogP contribution is 2.40. The first-order valence-corrected chi connectivity index (χ1v) is 6.16. The second-order valence-electron chi connectivity index (χ2n) is 4.90. The lowest BCUT2D eigenvalue weighted by Crippen LogP contribution is -2.07. The van der Waals surface area contributed by atoms with Gasteiger partial charge in [-0.05, 0) is 58.7 Å². The average molecular weight is 206 g/mol. The van der Waals surface area contributed by atoms with Gasteiger partial charge in [0.15, 0.2) is 0 Å². The Morgan fingerprint density at radius 3 is 2.88 bits per heavy atom. The third-order valence-corrected chi connectivity index (χ3v) is 4.00. The molecule has 0 saturated carbocycles. The van der Waals surface area contributed by atoms with E-state index in [0.717, 1.165) is 6.42 Å². The van der Waals surface area contributed by atoms with Gasteiger partial charge >= 0.3 is 0 Å². The van der Waals surface area contributed by atoms with E-state index in [1.165, 1.54) is 35.6 Å². The van der Waals surface area contributed by atoms with Gasteiger partial charge in [0.05, 0.1) is 0 Å². The summed E-state index contributed by atoms with van der Waals surface area (Å²) in [7, 11) is 0. The van der Waals surface area contributed by atoms with Crippen LogP contribution in [-0.2, 0) is 12.8 Å². The molecule has 2 aliphatic rings. The first-order valence-electron chi connectivity index (χ1n) is 6.16. The molecule has 0 N–H and O–H groups in total. The number of hydrogen-bond acceptors (Lipinski definition) is 0. The third kappa shape index (κ3) is 0.996. The molecule has 0 fully saturated rings. The maximum atomic E-state index is 2.44. The van der Waals surface area contributed by atoms with Gasteiger partial charge < -0.3 is 0 Å². The van der Waals surface area contributed by atoms with Crippen LogP contribution >= 0.6 is 0 Å². The average Bonchev–Trinajstić information content (AvgIpc) is 2.36. The van der Waals surface area contributed by atoms with Gasteiger partial charge in [0.2, 0.25) is 0 Å². The van der Waals surface area contributed by atoms with Crippen LogP contribution in [0, 0.1) is 0 Å². The van der Waals surface area contributed by atoms with Crippen LogP contribution in [0.4, 0.5) is 0 Å². The van der Waals surface area contributed by atoms with Crippen molar-refractivity contribution in [3.05, 3.63) is 53.1 Å². The molecule has 4 rings (SSSR count). The van der Waals surface area contributed by atoms with Crippen molar-refractivity contribution in [2.45, 2.75) is 25.7 Å². The van der Waals surface area contributed by atoms with Crippen molar-refractivity contribution in [1.82, 2.24) is 0 Å². The first-order chi connectivity index (χ1) is 7.93. The van der Waals surface area contributed by atoms with Gasteiger partial charge in [0.25, 0.3) is 0 Å². The second kappa shape index (κ2) is 2.98. The van der Waals surface area contributed by atoms with Crippen LogP contribution in [-0.4, -0.2) is 0 Å². The molecule has 2 aromatic rings. The second-order valence-corrected chi connectivity index (χ2v) is 4.90. The van der Waals surface area contributed by atoms with Crippen LogP contribution in [0.5, 0.6) is 0 Å². The van der Waals surface area contributed by atoms with E-state index < -0.39 is 0 Å². The van der Waals surface area contributed by atoms with Crippen LogP contribution in [0.1, 0.15) is 29.5 Å². The van der Waals surface area contributed by atoms with E-state index in [0.29, 0.717) is 0 Å². The molecule has 0 spiro atoms. The molecule has 16 heavy (non-hydrogen) atoms. The van der Waals surface area contributed by atoms with Gasteiger partial charge in [-0.25, -0.2) is 0 Å². The van der Waals surface area contributed by atoms with Crippen LogP contribution in [0.3, 0.4) is 0 Å². The molecule has 0 nitrogen and oxygen atoms in total. The zero-order valence-corrected chi connectivity index (χ0v) is 9.29. The highest BCUT2D eigenvalue weighted by Gasteiger charge is 2.20. The molecule has 0 atom stereocenters. The summed E-state index contributed by atoms with van der Waals surface area (Å²) >= 11 is 0. The van der Waals surface area contributed by atoms with Crippen molar-refractivity contribution in [3.63, 3.8) is 0 Å². The molecule has 78 valence electrons. The number of benzene rings is 2. The lowest BCUT2D eigenvalue weighted by molar-refractivity contribution is 0.821. The minimum absolute atomic E-state index is 1.13. The highest BCUT2D eigenvalue weighted by molar-refractivity contribution is 5.99. The molecule has 0 radical (unpaired) electrons. The zero-order valence-electron chi connectivity index (χ0n) is 9.29. The minimum atomic E-state index is 1.13. The summed E-state index contributed by atoms with van der Waals surface area (Å²) in [6, 6.07) is 11.3. The number of allylic oxidation sites excluding steroid dienone is 2. The summed E-state index contributed by atoms with van der Waals surface area (Å²) in [5, 5.41) is 2.96. The minimum Gasteiger partial charge on any atom is -0.0763 e. The highest BCUT2D eigenvalue weighted by atomic mass is 14.2. The third-order valence-electron chi connectivity index (χ3n) is 4.00. The summed E-state index contributed by atoms with van der Waals surface area (Å²) in [6.07, 6.45) is 7.44. The van der Waals surface area contributed by atoms with E-state index in [1.807, 2.05) is 0 Å². The predicted molar refractivity (Wildman–Crippen MR) is 68.6 cm³/mol. The normalized spacial score (nSPS) is 17.4. The smallest absolute Gasteiger partial charge is 0.00707 e. The maximum Gasteiger partial charge on any atom is -0.00707 e. The fourth-order valence-electron chi connectivity index (χ4n) is 3.27. The standard InChI is InChI=1S/C16H14/c1-3-11-7-9-13-5-2-6-14-10-8-12(4-1)15(11)16(13)14/h1,3-4,7,9-10H,2,5-6,8H2. The van der Waals surface area contributed by atoms with E-state index >= 15 is 0 Å². The van der Waals surface area contributed by atoms with Crippen LogP contribution < -0.4 is 0 Å². The lowest BCUT2D eigenvalue weighted by Gasteiger charge is -2.25. The van der Waals surface area contributed by atoms with Gasteiger partial charge in [0.1, 0.15) is 0 Å². The topological polar surface area (TPSA) is 0 Å².